The SMILES string of the molecule is Cc1cc(CN2CCN(C(=O)CCC3CCNCC3)CC2)on1. The van der Waals surface area contributed by atoms with E-state index in [-0.39, 0.29) is 0 Å². The van der Waals surface area contributed by atoms with Crippen molar-refractivity contribution in [1.29, 1.82) is 0 Å². The number of nitrogens with zero attached hydrogens (tertiary/aromatic N) is 3. The molecule has 1 amide bonds. The number of carbonyl (C=O) groups is 1. The van der Waals surface area contributed by atoms with Crippen molar-refractivity contribution in [2.45, 2.75) is 39.2 Å². The van der Waals surface area contributed by atoms with Crippen LogP contribution in [0.1, 0.15) is 37.1 Å². The van der Waals surface area contributed by atoms with Gasteiger partial charge in [-0.15, -0.1) is 0 Å². The second-order valence-electron chi connectivity index (χ2n) is 6.82. The Kier molecular flexibility index (Phi) is 5.67. The van der Waals surface area contributed by atoms with Crippen LogP contribution in [0.3, 0.4) is 0 Å². The van der Waals surface area contributed by atoms with Crippen LogP contribution < -0.4 is 5.32 Å². The molecule has 6 nitrogen and oxygen atoms in total. The third kappa shape index (κ3) is 4.78. The molecule has 0 radical (unpaired) electrons. The molecular weight excluding hydrogens is 292 g/mol. The summed E-state index contributed by atoms with van der Waals surface area (Å²) in [5, 5.41) is 7.30. The highest BCUT2D eigenvalue weighted by Gasteiger charge is 2.23. The number of amides is 1. The number of aromatic nitrogens is 1. The molecule has 3 heterocycles. The molecule has 2 saturated heterocycles. The highest BCUT2D eigenvalue weighted by molar-refractivity contribution is 5.76. The number of rotatable bonds is 5. The first kappa shape index (κ1) is 16.5. The van der Waals surface area contributed by atoms with Crippen molar-refractivity contribution in [1.82, 2.24) is 20.3 Å². The summed E-state index contributed by atoms with van der Waals surface area (Å²) in [4.78, 5) is 16.7. The van der Waals surface area contributed by atoms with Crippen LogP contribution in [0.25, 0.3) is 0 Å². The molecule has 2 aliphatic heterocycles. The Morgan fingerprint density at radius 1 is 1.30 bits per heavy atom. The van der Waals surface area contributed by atoms with E-state index in [1.165, 1.54) is 12.8 Å². The lowest BCUT2D eigenvalue weighted by atomic mass is 9.93. The Labute approximate surface area is 138 Å². The minimum Gasteiger partial charge on any atom is -0.360 e. The van der Waals surface area contributed by atoms with Crippen molar-refractivity contribution >= 4 is 5.91 Å². The summed E-state index contributed by atoms with van der Waals surface area (Å²) >= 11 is 0. The van der Waals surface area contributed by atoms with Gasteiger partial charge >= 0.3 is 0 Å². The molecule has 0 aromatic carbocycles. The first-order chi connectivity index (χ1) is 11.2. The maximum Gasteiger partial charge on any atom is 0.222 e. The summed E-state index contributed by atoms with van der Waals surface area (Å²) in [6.45, 7) is 8.44. The molecule has 0 atom stereocenters. The molecule has 0 saturated carbocycles. The largest absolute Gasteiger partial charge is 0.360 e. The lowest BCUT2D eigenvalue weighted by Crippen LogP contribution is -2.48. The van der Waals surface area contributed by atoms with Gasteiger partial charge in [0.05, 0.1) is 12.2 Å². The Bertz CT molecular complexity index is 502. The quantitative estimate of drug-likeness (QED) is 0.889. The van der Waals surface area contributed by atoms with Crippen molar-refractivity contribution in [2.75, 3.05) is 39.3 Å². The van der Waals surface area contributed by atoms with Gasteiger partial charge in [-0.2, -0.15) is 0 Å². The van der Waals surface area contributed by atoms with Gasteiger partial charge in [-0.3, -0.25) is 9.69 Å². The van der Waals surface area contributed by atoms with Gasteiger partial charge in [-0.1, -0.05) is 5.16 Å². The molecule has 6 heteroatoms. The first-order valence-corrected chi connectivity index (χ1v) is 8.84. The van der Waals surface area contributed by atoms with E-state index in [0.717, 1.165) is 69.6 Å². The van der Waals surface area contributed by atoms with Crippen LogP contribution in [0, 0.1) is 12.8 Å². The topological polar surface area (TPSA) is 61.6 Å². The smallest absolute Gasteiger partial charge is 0.222 e. The zero-order chi connectivity index (χ0) is 16.1. The van der Waals surface area contributed by atoms with Gasteiger partial charge in [0.25, 0.3) is 0 Å². The van der Waals surface area contributed by atoms with E-state index in [9.17, 15) is 4.79 Å². The van der Waals surface area contributed by atoms with Crippen LogP contribution >= 0.6 is 0 Å². The fourth-order valence-electron chi connectivity index (χ4n) is 3.52. The summed E-state index contributed by atoms with van der Waals surface area (Å²) in [7, 11) is 0. The predicted molar refractivity (Wildman–Crippen MR) is 87.9 cm³/mol. The molecule has 0 bridgehead atoms. The van der Waals surface area contributed by atoms with E-state index in [4.69, 9.17) is 4.52 Å². The van der Waals surface area contributed by atoms with Crippen molar-refractivity contribution in [3.63, 3.8) is 0 Å². The van der Waals surface area contributed by atoms with E-state index in [0.29, 0.717) is 12.3 Å². The molecule has 1 N–H and O–H groups in total. The monoisotopic (exact) mass is 320 g/mol. The zero-order valence-corrected chi connectivity index (χ0v) is 14.1. The normalized spacial score (nSPS) is 20.8. The number of hydrogen-bond acceptors (Lipinski definition) is 5. The summed E-state index contributed by atoms with van der Waals surface area (Å²) in [5.74, 6) is 1.98. The molecule has 23 heavy (non-hydrogen) atoms. The molecule has 0 aliphatic carbocycles. The number of nitrogens with one attached hydrogen (secondary N) is 1. The summed E-state index contributed by atoms with van der Waals surface area (Å²) in [6.07, 6.45) is 4.21. The van der Waals surface area contributed by atoms with Crippen molar-refractivity contribution in [3.8, 4) is 0 Å². The Morgan fingerprint density at radius 2 is 2.04 bits per heavy atom. The lowest BCUT2D eigenvalue weighted by Gasteiger charge is -2.34. The average Bonchev–Trinajstić information content (AvgIpc) is 2.99. The van der Waals surface area contributed by atoms with Gasteiger partial charge in [0.15, 0.2) is 5.76 Å². The van der Waals surface area contributed by atoms with Crippen LogP contribution in [-0.2, 0) is 11.3 Å². The van der Waals surface area contributed by atoms with Gasteiger partial charge in [-0.25, -0.2) is 0 Å². The highest BCUT2D eigenvalue weighted by Crippen LogP contribution is 2.19. The number of piperidine rings is 1. The van der Waals surface area contributed by atoms with Crippen LogP contribution in [-0.4, -0.2) is 60.1 Å². The highest BCUT2D eigenvalue weighted by atomic mass is 16.5. The molecule has 1 aromatic heterocycles. The molecular formula is C17H28N4O2. The van der Waals surface area contributed by atoms with Crippen LogP contribution in [0.4, 0.5) is 0 Å². The summed E-state index contributed by atoms with van der Waals surface area (Å²) < 4.78 is 5.27. The Balaban J connectivity index is 1.37. The molecule has 2 aliphatic rings. The van der Waals surface area contributed by atoms with Gasteiger partial charge in [0.1, 0.15) is 0 Å². The van der Waals surface area contributed by atoms with E-state index >= 15 is 0 Å². The van der Waals surface area contributed by atoms with Crippen LogP contribution in [0.5, 0.6) is 0 Å². The maximum atomic E-state index is 12.4. The average molecular weight is 320 g/mol. The standard InChI is InChI=1S/C17H28N4O2/c1-14-12-16(23-19-14)13-20-8-10-21(11-9-20)17(22)3-2-15-4-6-18-7-5-15/h12,15,18H,2-11,13H2,1H3. The summed E-state index contributed by atoms with van der Waals surface area (Å²) in [6, 6.07) is 1.98. The van der Waals surface area contributed by atoms with E-state index < -0.39 is 0 Å². The van der Waals surface area contributed by atoms with E-state index in [1.807, 2.05) is 17.9 Å². The number of piperazine rings is 1. The van der Waals surface area contributed by atoms with Crippen molar-refractivity contribution in [3.05, 3.63) is 17.5 Å². The molecule has 128 valence electrons. The van der Waals surface area contributed by atoms with Gasteiger partial charge in [0.2, 0.25) is 5.91 Å². The van der Waals surface area contributed by atoms with E-state index in [1.54, 1.807) is 0 Å². The number of hydrogen-bond donors (Lipinski definition) is 1. The van der Waals surface area contributed by atoms with Crippen LogP contribution in [0.2, 0.25) is 0 Å². The van der Waals surface area contributed by atoms with Crippen molar-refractivity contribution in [2.24, 2.45) is 5.92 Å². The molecule has 0 spiro atoms. The predicted octanol–water partition coefficient (Wildman–Crippen LogP) is 1.41. The molecule has 0 unspecified atom stereocenters. The summed E-state index contributed by atoms with van der Waals surface area (Å²) in [5.41, 5.74) is 0.923. The van der Waals surface area contributed by atoms with Gasteiger partial charge < -0.3 is 14.7 Å². The number of aryl methyl sites for hydroxylation is 1. The number of carbonyl (C=O) groups excluding carboxylic acids is 1. The first-order valence-electron chi connectivity index (χ1n) is 8.84. The van der Waals surface area contributed by atoms with Crippen molar-refractivity contribution < 1.29 is 9.32 Å². The lowest BCUT2D eigenvalue weighted by molar-refractivity contribution is -0.133. The minimum absolute atomic E-state index is 0.332. The third-order valence-electron chi connectivity index (χ3n) is 5.01. The second kappa shape index (κ2) is 7.93. The van der Waals surface area contributed by atoms with E-state index in [2.05, 4.69) is 15.4 Å². The third-order valence-corrected chi connectivity index (χ3v) is 5.01. The van der Waals surface area contributed by atoms with Gasteiger partial charge in [0, 0.05) is 38.7 Å². The fraction of sp³-hybridized carbons (Fsp3) is 0.765. The maximum absolute atomic E-state index is 12.4. The van der Waals surface area contributed by atoms with Crippen LogP contribution in [0.15, 0.2) is 10.6 Å². The van der Waals surface area contributed by atoms with Gasteiger partial charge in [-0.05, 0) is 45.2 Å². The zero-order valence-electron chi connectivity index (χ0n) is 14.1. The minimum atomic E-state index is 0.332. The fourth-order valence-corrected chi connectivity index (χ4v) is 3.52. The molecule has 1 aromatic rings. The second-order valence-corrected chi connectivity index (χ2v) is 6.82. The molecule has 2 fully saturated rings. The molecule has 3 rings (SSSR count). The Morgan fingerprint density at radius 3 is 2.70 bits per heavy atom. The Hall–Kier alpha value is -1.40.